The average Bonchev–Trinajstić information content (AvgIpc) is 2.68. The lowest BCUT2D eigenvalue weighted by atomic mass is 9.75. The monoisotopic (exact) mass is 344 g/mol. The van der Waals surface area contributed by atoms with Gasteiger partial charge in [-0.2, -0.15) is 0 Å². The minimum absolute atomic E-state index is 0.174. The Kier molecular flexibility index (Phi) is 8.54. The molecule has 140 valence electrons. The molecule has 0 aromatic heterocycles. The summed E-state index contributed by atoms with van der Waals surface area (Å²) in [6.45, 7) is 6.64. The summed E-state index contributed by atoms with van der Waals surface area (Å²) < 4.78 is 5.26. The molecule has 1 aliphatic rings. The van der Waals surface area contributed by atoms with Gasteiger partial charge >= 0.3 is 0 Å². The van der Waals surface area contributed by atoms with Crippen LogP contribution in [0.4, 0.5) is 0 Å². The van der Waals surface area contributed by atoms with E-state index in [0.717, 1.165) is 23.3 Å². The van der Waals surface area contributed by atoms with E-state index < -0.39 is 0 Å². The molecule has 0 aliphatic heterocycles. The van der Waals surface area contributed by atoms with E-state index in [1.807, 2.05) is 12.1 Å². The third-order valence-electron chi connectivity index (χ3n) is 5.82. The molecule has 2 nitrogen and oxygen atoms in total. The van der Waals surface area contributed by atoms with Crippen LogP contribution in [-0.2, 0) is 0 Å². The van der Waals surface area contributed by atoms with Gasteiger partial charge in [0.15, 0.2) is 0 Å². The maximum absolute atomic E-state index is 11.1. The fourth-order valence-corrected chi connectivity index (χ4v) is 4.17. The van der Waals surface area contributed by atoms with Crippen molar-refractivity contribution in [3.8, 4) is 5.75 Å². The predicted molar refractivity (Wildman–Crippen MR) is 107 cm³/mol. The number of hydrogen-bond acceptors (Lipinski definition) is 2. The number of methoxy groups -OCH3 is 1. The quantitative estimate of drug-likeness (QED) is 0.509. The van der Waals surface area contributed by atoms with Crippen molar-refractivity contribution in [2.45, 2.75) is 77.2 Å². The first-order valence-corrected chi connectivity index (χ1v) is 10.2. The molecule has 0 saturated heterocycles. The molecule has 0 unspecified atom stereocenters. The molecule has 1 aromatic rings. The first-order chi connectivity index (χ1) is 12.2. The van der Waals surface area contributed by atoms with Crippen molar-refractivity contribution in [2.75, 3.05) is 7.11 Å². The third kappa shape index (κ3) is 5.88. The van der Waals surface area contributed by atoms with Crippen LogP contribution in [0.3, 0.4) is 0 Å². The zero-order valence-corrected chi connectivity index (χ0v) is 16.2. The van der Waals surface area contributed by atoms with Crippen molar-refractivity contribution in [2.24, 2.45) is 11.8 Å². The molecule has 25 heavy (non-hydrogen) atoms. The Morgan fingerprint density at radius 2 is 1.80 bits per heavy atom. The van der Waals surface area contributed by atoms with Crippen LogP contribution < -0.4 is 4.74 Å². The first kappa shape index (κ1) is 20.0. The number of hydrogen-bond donors (Lipinski definition) is 1. The van der Waals surface area contributed by atoms with E-state index >= 15 is 0 Å². The second kappa shape index (κ2) is 10.7. The molecular weight excluding hydrogens is 308 g/mol. The molecule has 1 saturated carbocycles. The Morgan fingerprint density at radius 1 is 1.12 bits per heavy atom. The highest BCUT2D eigenvalue weighted by atomic mass is 16.5. The summed E-state index contributed by atoms with van der Waals surface area (Å²) in [6, 6.07) is 8.13. The molecule has 0 heterocycles. The summed E-state index contributed by atoms with van der Waals surface area (Å²) in [4.78, 5) is 0. The van der Waals surface area contributed by atoms with Crippen molar-refractivity contribution >= 4 is 5.57 Å². The summed E-state index contributed by atoms with van der Waals surface area (Å²) >= 11 is 0. The van der Waals surface area contributed by atoms with Gasteiger partial charge in [0, 0.05) is 5.92 Å². The third-order valence-corrected chi connectivity index (χ3v) is 5.82. The van der Waals surface area contributed by atoms with Gasteiger partial charge in [0.25, 0.3) is 0 Å². The van der Waals surface area contributed by atoms with Crippen LogP contribution in [0.25, 0.3) is 5.57 Å². The largest absolute Gasteiger partial charge is 0.497 e. The normalized spacial score (nSPS) is 17.9. The molecule has 0 bridgehead atoms. The van der Waals surface area contributed by atoms with Gasteiger partial charge in [0.05, 0.1) is 13.2 Å². The van der Waals surface area contributed by atoms with Crippen molar-refractivity contribution < 1.29 is 9.84 Å². The lowest BCUT2D eigenvalue weighted by Gasteiger charge is -2.34. The fraction of sp³-hybridized carbons (Fsp3) is 0.652. The lowest BCUT2D eigenvalue weighted by Crippen LogP contribution is -2.31. The highest BCUT2D eigenvalue weighted by molar-refractivity contribution is 5.66. The molecular formula is C23H36O2. The Morgan fingerprint density at radius 3 is 2.40 bits per heavy atom. The number of aliphatic hydroxyl groups is 1. The fourth-order valence-electron chi connectivity index (χ4n) is 4.17. The Hall–Kier alpha value is -1.28. The highest BCUT2D eigenvalue weighted by Gasteiger charge is 2.30. The SMILES string of the molecule is C=C(c1ccc(OC)cc1)[C@@H](CCCCCC)[C@@H](O)C1CCCCC1. The van der Waals surface area contributed by atoms with E-state index in [1.54, 1.807) is 7.11 Å². The van der Waals surface area contributed by atoms with Gasteiger partial charge in [-0.1, -0.05) is 70.6 Å². The van der Waals surface area contributed by atoms with Crippen molar-refractivity contribution in [1.82, 2.24) is 0 Å². The van der Waals surface area contributed by atoms with E-state index in [4.69, 9.17) is 4.74 Å². The van der Waals surface area contributed by atoms with Gasteiger partial charge in [-0.15, -0.1) is 0 Å². The van der Waals surface area contributed by atoms with Crippen LogP contribution >= 0.6 is 0 Å². The van der Waals surface area contributed by atoms with Crippen molar-refractivity contribution in [3.05, 3.63) is 36.4 Å². The van der Waals surface area contributed by atoms with E-state index in [1.165, 1.54) is 57.8 Å². The average molecular weight is 345 g/mol. The number of rotatable bonds is 10. The second-order valence-electron chi connectivity index (χ2n) is 7.60. The number of benzene rings is 1. The summed E-state index contributed by atoms with van der Waals surface area (Å²) in [5.74, 6) is 1.48. The molecule has 0 spiro atoms. The van der Waals surface area contributed by atoms with Crippen LogP contribution in [0, 0.1) is 11.8 Å². The zero-order valence-electron chi connectivity index (χ0n) is 16.2. The smallest absolute Gasteiger partial charge is 0.118 e. The first-order valence-electron chi connectivity index (χ1n) is 10.2. The topological polar surface area (TPSA) is 29.5 Å². The predicted octanol–water partition coefficient (Wildman–Crippen LogP) is 6.24. The Bertz CT molecular complexity index is 499. The van der Waals surface area contributed by atoms with Crippen LogP contribution in [0.2, 0.25) is 0 Å². The second-order valence-corrected chi connectivity index (χ2v) is 7.60. The minimum atomic E-state index is -0.253. The van der Waals surface area contributed by atoms with Gasteiger partial charge in [-0.3, -0.25) is 0 Å². The molecule has 1 aromatic carbocycles. The molecule has 0 amide bonds. The summed E-state index contributed by atoms with van der Waals surface area (Å²) in [5, 5.41) is 11.1. The Balaban J connectivity index is 2.08. The van der Waals surface area contributed by atoms with Crippen molar-refractivity contribution in [3.63, 3.8) is 0 Å². The zero-order chi connectivity index (χ0) is 18.1. The molecule has 2 rings (SSSR count). The molecule has 2 heteroatoms. The highest BCUT2D eigenvalue weighted by Crippen LogP contribution is 2.37. The molecule has 2 atom stereocenters. The standard InChI is InChI=1S/C23H36O2/c1-4-5-6-10-13-22(23(24)20-11-8-7-9-12-20)18(2)19-14-16-21(25-3)17-15-19/h14-17,20,22-24H,2,4-13H2,1,3H3/t22-,23+/m1/s1. The van der Waals surface area contributed by atoms with E-state index in [2.05, 4.69) is 25.6 Å². The van der Waals surface area contributed by atoms with Crippen LogP contribution in [-0.4, -0.2) is 18.3 Å². The summed E-state index contributed by atoms with van der Waals surface area (Å²) in [7, 11) is 1.69. The van der Waals surface area contributed by atoms with E-state index in [-0.39, 0.29) is 12.0 Å². The van der Waals surface area contributed by atoms with Crippen LogP contribution in [0.15, 0.2) is 30.8 Å². The molecule has 1 fully saturated rings. The van der Waals surface area contributed by atoms with Gasteiger partial charge in [0.2, 0.25) is 0 Å². The maximum Gasteiger partial charge on any atom is 0.118 e. The minimum Gasteiger partial charge on any atom is -0.497 e. The Labute approximate surface area is 154 Å². The molecule has 1 aliphatic carbocycles. The van der Waals surface area contributed by atoms with Crippen molar-refractivity contribution in [1.29, 1.82) is 0 Å². The van der Waals surface area contributed by atoms with E-state index in [0.29, 0.717) is 5.92 Å². The maximum atomic E-state index is 11.1. The van der Waals surface area contributed by atoms with Gasteiger partial charge in [-0.25, -0.2) is 0 Å². The van der Waals surface area contributed by atoms with Crippen LogP contribution in [0.1, 0.15) is 76.7 Å². The van der Waals surface area contributed by atoms with E-state index in [9.17, 15) is 5.11 Å². The summed E-state index contributed by atoms with van der Waals surface area (Å²) in [5.41, 5.74) is 2.23. The van der Waals surface area contributed by atoms with Crippen LogP contribution in [0.5, 0.6) is 5.75 Å². The van der Waals surface area contributed by atoms with Gasteiger partial charge < -0.3 is 9.84 Å². The molecule has 0 radical (unpaired) electrons. The summed E-state index contributed by atoms with van der Waals surface area (Å²) in [6.07, 6.45) is 11.9. The number of unbranched alkanes of at least 4 members (excludes halogenated alkanes) is 3. The van der Waals surface area contributed by atoms with Gasteiger partial charge in [-0.05, 0) is 48.4 Å². The van der Waals surface area contributed by atoms with Gasteiger partial charge in [0.1, 0.15) is 5.75 Å². The lowest BCUT2D eigenvalue weighted by molar-refractivity contribution is 0.0496. The molecule has 1 N–H and O–H groups in total. The number of ether oxygens (including phenoxy) is 1. The number of aliphatic hydroxyl groups excluding tert-OH is 1.